The smallest absolute Gasteiger partial charge is 0.272 e. The van der Waals surface area contributed by atoms with Crippen molar-refractivity contribution < 1.29 is 13.2 Å². The number of carbonyl (C=O) groups excluding carboxylic acids is 1. The largest absolute Gasteiger partial charge is 0.333 e. The van der Waals surface area contributed by atoms with E-state index in [9.17, 15) is 13.2 Å². The van der Waals surface area contributed by atoms with Crippen LogP contribution in [0.5, 0.6) is 0 Å². The summed E-state index contributed by atoms with van der Waals surface area (Å²) in [4.78, 5) is 14.7. The molecule has 1 amide bonds. The van der Waals surface area contributed by atoms with Gasteiger partial charge in [-0.05, 0) is 49.8 Å². The third-order valence-corrected chi connectivity index (χ3v) is 7.37. The van der Waals surface area contributed by atoms with Crippen molar-refractivity contribution >= 4 is 27.3 Å². The van der Waals surface area contributed by atoms with E-state index in [4.69, 9.17) is 11.6 Å². The van der Waals surface area contributed by atoms with E-state index in [2.05, 4.69) is 10.2 Å². The van der Waals surface area contributed by atoms with Crippen molar-refractivity contribution in [1.82, 2.24) is 15.1 Å². The first-order valence-corrected chi connectivity index (χ1v) is 11.2. The van der Waals surface area contributed by atoms with Gasteiger partial charge >= 0.3 is 0 Å². The number of benzene rings is 1. The highest BCUT2D eigenvalue weighted by Crippen LogP contribution is 2.25. The average molecular weight is 410 g/mol. The maximum absolute atomic E-state index is 13.0. The number of hydrogen-bond donors (Lipinski definition) is 1. The zero-order valence-corrected chi connectivity index (χ0v) is 17.1. The fourth-order valence-corrected chi connectivity index (χ4v) is 5.52. The van der Waals surface area contributed by atoms with Crippen LogP contribution in [0, 0.1) is 19.8 Å². The van der Waals surface area contributed by atoms with Crippen molar-refractivity contribution in [2.75, 3.05) is 18.1 Å². The second-order valence-corrected chi connectivity index (χ2v) is 9.86. The Balaban J connectivity index is 1.78. The summed E-state index contributed by atoms with van der Waals surface area (Å²) < 4.78 is 23.4. The Hall–Kier alpha value is -1.86. The van der Waals surface area contributed by atoms with E-state index in [-0.39, 0.29) is 23.3 Å². The molecule has 1 aliphatic rings. The fraction of sp³-hybridized carbons (Fsp3) is 0.474. The Morgan fingerprint density at radius 3 is 2.78 bits per heavy atom. The average Bonchev–Trinajstić information content (AvgIpc) is 3.19. The molecule has 0 spiro atoms. The molecule has 27 heavy (non-hydrogen) atoms. The highest BCUT2D eigenvalue weighted by molar-refractivity contribution is 7.91. The molecule has 3 rings (SSSR count). The fourth-order valence-electron chi connectivity index (χ4n) is 3.43. The van der Waals surface area contributed by atoms with Gasteiger partial charge in [0.1, 0.15) is 5.69 Å². The first-order chi connectivity index (χ1) is 12.7. The van der Waals surface area contributed by atoms with E-state index in [1.807, 2.05) is 32.0 Å². The van der Waals surface area contributed by atoms with Crippen LogP contribution < -0.4 is 0 Å². The van der Waals surface area contributed by atoms with Gasteiger partial charge in [-0.2, -0.15) is 5.10 Å². The molecule has 0 radical (unpaired) electrons. The summed E-state index contributed by atoms with van der Waals surface area (Å²) >= 11 is 6.42. The minimum Gasteiger partial charge on any atom is -0.333 e. The van der Waals surface area contributed by atoms with Gasteiger partial charge in [-0.25, -0.2) is 8.42 Å². The van der Waals surface area contributed by atoms with E-state index >= 15 is 0 Å². The zero-order chi connectivity index (χ0) is 19.6. The molecule has 2 aromatic rings. The van der Waals surface area contributed by atoms with E-state index in [0.29, 0.717) is 36.6 Å². The van der Waals surface area contributed by atoms with Crippen LogP contribution >= 0.6 is 11.6 Å². The molecule has 6 nitrogen and oxygen atoms in total. The number of rotatable bonds is 6. The number of hydrogen-bond acceptors (Lipinski definition) is 4. The number of H-pyrrole nitrogens is 1. The van der Waals surface area contributed by atoms with Crippen LogP contribution in [0.3, 0.4) is 0 Å². The van der Waals surface area contributed by atoms with Crippen molar-refractivity contribution in [2.24, 2.45) is 5.92 Å². The van der Waals surface area contributed by atoms with Crippen molar-refractivity contribution in [3.8, 4) is 0 Å². The molecule has 146 valence electrons. The van der Waals surface area contributed by atoms with Crippen LogP contribution in [0.4, 0.5) is 0 Å². The van der Waals surface area contributed by atoms with E-state index < -0.39 is 9.84 Å². The Morgan fingerprint density at radius 2 is 2.15 bits per heavy atom. The normalized spacial score (nSPS) is 18.6. The number of aromatic nitrogens is 2. The van der Waals surface area contributed by atoms with Gasteiger partial charge in [0.15, 0.2) is 9.84 Å². The lowest BCUT2D eigenvalue weighted by Gasteiger charge is -2.24. The van der Waals surface area contributed by atoms with Crippen LogP contribution in [-0.2, 0) is 16.4 Å². The number of amides is 1. The standard InChI is InChI=1S/C19H24ClN3O3S/c1-13-4-3-5-16(18(13)20)11-23(19(24)17-10-14(2)21-22-17)8-6-15-7-9-27(25,26)12-15/h3-5,10,15H,6-9,11-12H2,1-2H3,(H,21,22). The first-order valence-electron chi connectivity index (χ1n) is 9.01. The summed E-state index contributed by atoms with van der Waals surface area (Å²) in [5.41, 5.74) is 3.00. The highest BCUT2D eigenvalue weighted by atomic mass is 35.5. The van der Waals surface area contributed by atoms with Crippen LogP contribution in [-0.4, -0.2) is 47.5 Å². The predicted octanol–water partition coefficient (Wildman–Crippen LogP) is 3.15. The van der Waals surface area contributed by atoms with Gasteiger partial charge in [0.2, 0.25) is 0 Å². The van der Waals surface area contributed by atoms with E-state index in [1.165, 1.54) is 0 Å². The van der Waals surface area contributed by atoms with E-state index in [1.54, 1.807) is 11.0 Å². The molecule has 8 heteroatoms. The minimum absolute atomic E-state index is 0.0989. The monoisotopic (exact) mass is 409 g/mol. The molecule has 2 heterocycles. The number of aromatic amines is 1. The third-order valence-electron chi connectivity index (χ3n) is 4.99. The van der Waals surface area contributed by atoms with Crippen molar-refractivity contribution in [3.63, 3.8) is 0 Å². The quantitative estimate of drug-likeness (QED) is 0.794. The molecule has 1 atom stereocenters. The van der Waals surface area contributed by atoms with Gasteiger partial charge in [-0.1, -0.05) is 29.8 Å². The second kappa shape index (κ2) is 8.02. The van der Waals surface area contributed by atoms with Crippen molar-refractivity contribution in [1.29, 1.82) is 0 Å². The number of aryl methyl sites for hydroxylation is 2. The highest BCUT2D eigenvalue weighted by Gasteiger charge is 2.29. The SMILES string of the molecule is Cc1cc(C(=O)N(CCC2CCS(=O)(=O)C2)Cc2cccc(C)c2Cl)[nH]n1. The number of halogens is 1. The Kier molecular flexibility index (Phi) is 5.91. The van der Waals surface area contributed by atoms with Crippen molar-refractivity contribution in [2.45, 2.75) is 33.2 Å². The molecule has 1 unspecified atom stereocenters. The molecular formula is C19H24ClN3O3S. The van der Waals surface area contributed by atoms with Crippen LogP contribution in [0.1, 0.15) is 40.2 Å². The van der Waals surface area contributed by atoms with E-state index in [0.717, 1.165) is 16.8 Å². The number of nitrogens with zero attached hydrogens (tertiary/aromatic N) is 2. The topological polar surface area (TPSA) is 83.1 Å². The van der Waals surface area contributed by atoms with Gasteiger partial charge in [0.25, 0.3) is 5.91 Å². The summed E-state index contributed by atoms with van der Waals surface area (Å²) in [6, 6.07) is 7.48. The lowest BCUT2D eigenvalue weighted by Crippen LogP contribution is -2.33. The van der Waals surface area contributed by atoms with Gasteiger partial charge in [-0.3, -0.25) is 9.89 Å². The Bertz CT molecular complexity index is 939. The molecule has 0 aliphatic carbocycles. The van der Waals surface area contributed by atoms with Crippen LogP contribution in [0.15, 0.2) is 24.3 Å². The summed E-state index contributed by atoms with van der Waals surface area (Å²) in [6.07, 6.45) is 1.32. The number of sulfone groups is 1. The Labute approximate surface area is 164 Å². The number of nitrogens with one attached hydrogen (secondary N) is 1. The zero-order valence-electron chi connectivity index (χ0n) is 15.5. The molecule has 1 aromatic carbocycles. The summed E-state index contributed by atoms with van der Waals surface area (Å²) in [6.45, 7) is 4.59. The molecule has 0 saturated carbocycles. The third kappa shape index (κ3) is 4.90. The molecule has 1 N–H and O–H groups in total. The van der Waals surface area contributed by atoms with Crippen molar-refractivity contribution in [3.05, 3.63) is 51.8 Å². The molecule has 1 fully saturated rings. The van der Waals surface area contributed by atoms with Gasteiger partial charge in [0, 0.05) is 18.1 Å². The molecular weight excluding hydrogens is 386 g/mol. The second-order valence-electron chi connectivity index (χ2n) is 7.26. The number of carbonyl (C=O) groups is 1. The lowest BCUT2D eigenvalue weighted by atomic mass is 10.0. The summed E-state index contributed by atoms with van der Waals surface area (Å²) in [7, 11) is -2.92. The summed E-state index contributed by atoms with van der Waals surface area (Å²) in [5, 5.41) is 7.46. The summed E-state index contributed by atoms with van der Waals surface area (Å²) in [5.74, 6) is 0.397. The molecule has 1 aromatic heterocycles. The molecule has 1 saturated heterocycles. The van der Waals surface area contributed by atoms with Crippen LogP contribution in [0.2, 0.25) is 5.02 Å². The van der Waals surface area contributed by atoms with Crippen LogP contribution in [0.25, 0.3) is 0 Å². The van der Waals surface area contributed by atoms with Gasteiger partial charge < -0.3 is 4.90 Å². The van der Waals surface area contributed by atoms with Gasteiger partial charge in [-0.15, -0.1) is 0 Å². The van der Waals surface area contributed by atoms with Gasteiger partial charge in [0.05, 0.1) is 17.2 Å². The minimum atomic E-state index is -2.92. The predicted molar refractivity (Wildman–Crippen MR) is 106 cm³/mol. The first kappa shape index (κ1) is 19.9. The molecule has 0 bridgehead atoms. The maximum atomic E-state index is 13.0. The molecule has 1 aliphatic heterocycles. The Morgan fingerprint density at radius 1 is 1.37 bits per heavy atom. The lowest BCUT2D eigenvalue weighted by molar-refractivity contribution is 0.0728. The maximum Gasteiger partial charge on any atom is 0.272 e.